The van der Waals surface area contributed by atoms with Crippen molar-refractivity contribution in [2.24, 2.45) is 0 Å². The molecular weight excluding hydrogens is 1810 g/mol. The first-order chi connectivity index (χ1) is 65.3. The largest absolute Gasteiger partial charge is 0.497 e. The van der Waals surface area contributed by atoms with E-state index in [1.807, 2.05) is 0 Å². The van der Waals surface area contributed by atoms with Crippen molar-refractivity contribution in [3.05, 3.63) is 318 Å². The molecule has 0 spiro atoms. The summed E-state index contributed by atoms with van der Waals surface area (Å²) in [5.41, 5.74) is 14.6. The van der Waals surface area contributed by atoms with Crippen LogP contribution < -0.4 is 78.3 Å². The first-order valence-corrected chi connectivity index (χ1v) is 42.1. The molecule has 0 saturated carbocycles. The van der Waals surface area contributed by atoms with E-state index in [2.05, 4.69) is 77.8 Å². The van der Waals surface area contributed by atoms with Crippen LogP contribution in [0.2, 0.25) is 5.15 Å². The van der Waals surface area contributed by atoms with Gasteiger partial charge in [-0.3, -0.25) is 54.8 Å². The highest BCUT2D eigenvalue weighted by atomic mass is 35.5. The van der Waals surface area contributed by atoms with Crippen molar-refractivity contribution in [3.8, 4) is 57.2 Å². The average molecular weight is 1890 g/mol. The highest BCUT2D eigenvalue weighted by molar-refractivity contribution is 6.33. The molecule has 13 N–H and O–H groups in total. The Morgan fingerprint density at radius 2 is 0.672 bits per heavy atom. The Balaban J connectivity index is 0.000000137. The molecule has 15 amide bonds. The summed E-state index contributed by atoms with van der Waals surface area (Å²) in [6, 6.07) is 46.3. The van der Waals surface area contributed by atoms with Crippen LogP contribution in [0.4, 0.5) is 56.9 Å². The Morgan fingerprint density at radius 1 is 0.365 bits per heavy atom. The minimum absolute atomic E-state index is 0.0913. The molecule has 0 aliphatic carbocycles. The molecule has 4 fully saturated rings. The third kappa shape index (κ3) is 19.1. The molecule has 700 valence electrons. The van der Waals surface area contributed by atoms with Crippen LogP contribution in [0.25, 0.3) is 34.2 Å². The van der Waals surface area contributed by atoms with Gasteiger partial charge in [0.05, 0.1) is 117 Å². The number of urea groups is 4. The normalized spacial score (nSPS) is 18.5. The van der Waals surface area contributed by atoms with Crippen molar-refractivity contribution < 1.29 is 98.0 Å². The van der Waals surface area contributed by atoms with Gasteiger partial charge in [-0.1, -0.05) is 103 Å². The Bertz CT molecular complexity index is 6830. The molecule has 41 heteroatoms. The number of benzene rings is 9. The van der Waals surface area contributed by atoms with Gasteiger partial charge in [0.15, 0.2) is 17.5 Å². The number of halogens is 7. The van der Waals surface area contributed by atoms with Gasteiger partial charge >= 0.3 is 24.1 Å². The summed E-state index contributed by atoms with van der Waals surface area (Å²) >= 11 is 6.21. The molecule has 7 aliphatic rings. The van der Waals surface area contributed by atoms with E-state index < -0.39 is 93.0 Å². The van der Waals surface area contributed by atoms with E-state index in [-0.39, 0.29) is 131 Å². The summed E-state index contributed by atoms with van der Waals surface area (Å²) in [5.74, 6) is -5.73. The van der Waals surface area contributed by atoms with Crippen LogP contribution in [0.15, 0.2) is 188 Å². The fraction of sp³-hybridized carbons (Fsp3) is 0.198. The van der Waals surface area contributed by atoms with Crippen LogP contribution in [-0.2, 0) is 86.9 Å². The highest BCUT2D eigenvalue weighted by Crippen LogP contribution is 2.40. The number of carbonyl (C=O) groups excluding carboxylic acids is 11. The predicted octanol–water partition coefficient (Wildman–Crippen LogP) is 11.4. The number of fused-ring (bicyclic) bond motifs is 3. The van der Waals surface area contributed by atoms with Crippen molar-refractivity contribution in [1.82, 2.24) is 87.6 Å². The van der Waals surface area contributed by atoms with Gasteiger partial charge in [0, 0.05) is 47.5 Å². The minimum Gasteiger partial charge on any atom is -0.497 e. The number of aromatic nitrogens is 6. The summed E-state index contributed by atoms with van der Waals surface area (Å²) < 4.78 is 108. The maximum Gasteiger partial charge on any atom is 0.322 e. The van der Waals surface area contributed by atoms with Crippen molar-refractivity contribution in [1.29, 1.82) is 0 Å². The molecule has 19 rings (SSSR count). The summed E-state index contributed by atoms with van der Waals surface area (Å²) in [6.45, 7) is 7.26. The number of nitrogens with one attached hydrogen (secondary N) is 9. The molecule has 12 aromatic rings. The molecule has 3 aromatic heterocycles. The van der Waals surface area contributed by atoms with Crippen LogP contribution >= 0.6 is 11.6 Å². The Hall–Kier alpha value is -16.9. The lowest BCUT2D eigenvalue weighted by molar-refractivity contribution is -0.124. The van der Waals surface area contributed by atoms with Gasteiger partial charge in [0.1, 0.15) is 90.8 Å². The zero-order chi connectivity index (χ0) is 98.0. The number of rotatable bonds is 19. The monoisotopic (exact) mass is 1890 g/mol. The van der Waals surface area contributed by atoms with Gasteiger partial charge < -0.3 is 66.8 Å². The van der Waals surface area contributed by atoms with Gasteiger partial charge in [-0.05, 0) is 146 Å². The maximum atomic E-state index is 14.8. The summed E-state index contributed by atoms with van der Waals surface area (Å²) in [4.78, 5) is 161. The summed E-state index contributed by atoms with van der Waals surface area (Å²) in [7, 11) is 6.14. The van der Waals surface area contributed by atoms with E-state index in [0.717, 1.165) is 53.1 Å². The Kier molecular flexibility index (Phi) is 26.5. The molecule has 137 heavy (non-hydrogen) atoms. The maximum absolute atomic E-state index is 14.8. The second-order valence-electron chi connectivity index (χ2n) is 32.6. The molecule has 0 radical (unpaired) electrons. The zero-order valence-corrected chi connectivity index (χ0v) is 74.6. The second kappa shape index (κ2) is 38.3. The van der Waals surface area contributed by atoms with Crippen molar-refractivity contribution in [3.63, 3.8) is 0 Å². The molecule has 0 bridgehead atoms. The van der Waals surface area contributed by atoms with Crippen molar-refractivity contribution >= 4 is 88.5 Å². The fourth-order valence-electron chi connectivity index (χ4n) is 16.0. The number of hydrogen-bond acceptors (Lipinski definition) is 23. The minimum atomic E-state index is -1.24. The lowest BCUT2D eigenvalue weighted by Crippen LogP contribution is -2.40. The third-order valence-corrected chi connectivity index (χ3v) is 23.9. The number of imide groups is 4. The number of nitrogens with two attached hydrogens (primary N) is 2. The number of methoxy groups -OCH3 is 4. The number of carbonyl (C=O) groups is 11. The van der Waals surface area contributed by atoms with Crippen molar-refractivity contribution in [2.75, 3.05) is 39.9 Å². The zero-order valence-electron chi connectivity index (χ0n) is 73.8. The SMILES string of the molecule is CC1(c2ccc(N)cc2)NC(=O)NC1=O.COc1ccc(CN2Cc3nc(-c4c(F)cccc4F)nc(Cc4ccc([C@]5(C)NC(=O)NC5=O)cc4)c3C2=O)c(OC)c1.COc1ccc(CN2Cc3nc(-c4c(F)cccc4F)nc(Cl)c3C2=O)c(OC)c1.C[C@@]1(c2ccc(Cc3nc(-c4c(F)cccc4F)nc4c3C(=O)NC4)cc2)NC(=O)NC1=O.C[C@@]1(c2ccc(N)cc2)NC(=O)NC1=O. The van der Waals surface area contributed by atoms with E-state index in [1.54, 1.807) is 180 Å². The number of anilines is 2. The van der Waals surface area contributed by atoms with E-state index in [9.17, 15) is 79.1 Å². The molecule has 4 atom stereocenters. The summed E-state index contributed by atoms with van der Waals surface area (Å²) in [6.07, 6.45) is 0.325. The second-order valence-corrected chi connectivity index (χ2v) is 32.9. The first kappa shape index (κ1) is 94.7. The topological polar surface area (TPSA) is 469 Å². The smallest absolute Gasteiger partial charge is 0.322 e. The quantitative estimate of drug-likeness (QED) is 0.0155. The van der Waals surface area contributed by atoms with E-state index in [4.69, 9.17) is 42.0 Å². The lowest BCUT2D eigenvalue weighted by atomic mass is 9.91. The van der Waals surface area contributed by atoms with Crippen LogP contribution in [0.3, 0.4) is 0 Å². The number of nitrogen functional groups attached to an aromatic ring is 2. The van der Waals surface area contributed by atoms with Gasteiger partial charge in [0.2, 0.25) is 0 Å². The van der Waals surface area contributed by atoms with E-state index >= 15 is 0 Å². The van der Waals surface area contributed by atoms with Crippen molar-refractivity contribution in [2.45, 2.75) is 95.4 Å². The molecule has 7 aliphatic heterocycles. The van der Waals surface area contributed by atoms with Crippen LogP contribution in [-0.4, -0.2) is 134 Å². The number of hydrogen-bond donors (Lipinski definition) is 11. The number of nitrogens with zero attached hydrogens (tertiary/aromatic N) is 8. The predicted molar refractivity (Wildman–Crippen MR) is 481 cm³/mol. The van der Waals surface area contributed by atoms with Gasteiger partial charge in [0.25, 0.3) is 41.4 Å². The Morgan fingerprint density at radius 3 is 0.993 bits per heavy atom. The standard InChI is InChI=1S/C32H27F2N5O5.C23H17F2N5O3.C21H16ClF2N3O3.2C10H11N3O2/c1-32(30(41)37-31(42)38-32)19-10-7-17(8-11-19)13-23-27-24(36-28(35-23)26-21(33)5-4-6-22(26)34)16-39(29(27)40)15-18-9-12-20(43-2)14-25(18)44-3;1-23(21(32)29-22(33)30-23)12-7-5-11(6-8-12)9-15-18-16(10-26-20(18)31)28-19(27-15)17-13(24)3-2-4-14(17)25;1-29-12-7-6-11(16(8-12)30-2)9-27-10-15-18(21(27)28)19(22)26-20(25-15)17-13(23)4-3-5-14(17)24;2*1-10(8(14)12-9(15)13-10)6-2-4-7(11)5-3-6/h4-12,14H,13,15-16H2,1-3H3,(H2,37,38,41,42);2-8H,9-10H2,1H3,(H,26,31)(H2,29,30,32,33);3-8H,9-10H2,1-2H3;2*2-5H,11H2,1H3,(H2,12,13,14,15)/t32-;23-;;10-;/m00.0./s1. The van der Waals surface area contributed by atoms with Gasteiger partial charge in [-0.15, -0.1) is 0 Å². The molecule has 9 aromatic carbocycles. The molecule has 4 saturated heterocycles. The van der Waals surface area contributed by atoms with Crippen LogP contribution in [0, 0.1) is 34.9 Å². The van der Waals surface area contributed by atoms with Gasteiger partial charge in [-0.2, -0.15) is 0 Å². The first-order valence-electron chi connectivity index (χ1n) is 41.8. The molecule has 10 heterocycles. The summed E-state index contributed by atoms with van der Waals surface area (Å²) in [5, 5.41) is 21.7. The molecular formula is C96H82ClF6N19O15. The third-order valence-electron chi connectivity index (χ3n) is 23.6. The number of ether oxygens (including phenoxy) is 4. The number of amides is 15. The van der Waals surface area contributed by atoms with E-state index in [1.165, 1.54) is 37.3 Å². The highest BCUT2D eigenvalue weighted by Gasteiger charge is 2.48. The molecule has 1 unspecified atom stereocenters. The Labute approximate surface area is 780 Å². The van der Waals surface area contributed by atoms with Crippen LogP contribution in [0.5, 0.6) is 23.0 Å². The van der Waals surface area contributed by atoms with E-state index in [0.29, 0.717) is 90.7 Å². The lowest BCUT2D eigenvalue weighted by Gasteiger charge is -2.21. The van der Waals surface area contributed by atoms with Crippen LogP contribution in [0.1, 0.15) is 132 Å². The average Bonchev–Trinajstić information content (AvgIpc) is 1.60. The molecule has 34 nitrogen and oxygen atoms in total. The van der Waals surface area contributed by atoms with Gasteiger partial charge in [-0.25, -0.2) is 75.4 Å². The fourth-order valence-corrected chi connectivity index (χ4v) is 16.3.